The molecule has 1 fully saturated rings. The SMILES string of the molecule is O=C(O)CCNCCc1cccc(OCCC2CCCCC2)c1. The maximum Gasteiger partial charge on any atom is 0.304 e. The highest BCUT2D eigenvalue weighted by Crippen LogP contribution is 2.26. The lowest BCUT2D eigenvalue weighted by Gasteiger charge is -2.21. The number of nitrogens with one attached hydrogen (secondary N) is 1. The molecule has 0 aliphatic heterocycles. The maximum atomic E-state index is 10.4. The zero-order valence-electron chi connectivity index (χ0n) is 13.9. The molecule has 0 radical (unpaired) electrons. The molecule has 0 spiro atoms. The van der Waals surface area contributed by atoms with Crippen molar-refractivity contribution >= 4 is 5.97 Å². The van der Waals surface area contributed by atoms with Crippen LogP contribution in [-0.2, 0) is 11.2 Å². The number of hydrogen-bond donors (Lipinski definition) is 2. The first-order chi connectivity index (χ1) is 11.2. The van der Waals surface area contributed by atoms with Crippen molar-refractivity contribution in [2.45, 2.75) is 51.4 Å². The lowest BCUT2D eigenvalue weighted by atomic mass is 9.87. The quantitative estimate of drug-likeness (QED) is 0.646. The third-order valence-corrected chi connectivity index (χ3v) is 4.52. The van der Waals surface area contributed by atoms with Gasteiger partial charge in [0.25, 0.3) is 0 Å². The summed E-state index contributed by atoms with van der Waals surface area (Å²) in [6.45, 7) is 2.12. The van der Waals surface area contributed by atoms with Crippen LogP contribution in [0.2, 0.25) is 0 Å². The summed E-state index contributed by atoms with van der Waals surface area (Å²) in [4.78, 5) is 10.4. The Bertz CT molecular complexity index is 469. The Labute approximate surface area is 139 Å². The largest absolute Gasteiger partial charge is 0.494 e. The molecule has 1 aromatic rings. The normalized spacial score (nSPS) is 15.5. The lowest BCUT2D eigenvalue weighted by molar-refractivity contribution is -0.136. The predicted octanol–water partition coefficient (Wildman–Crippen LogP) is 3.64. The molecule has 4 nitrogen and oxygen atoms in total. The minimum Gasteiger partial charge on any atom is -0.494 e. The molecule has 1 aliphatic rings. The van der Waals surface area contributed by atoms with Gasteiger partial charge < -0.3 is 15.2 Å². The second-order valence-electron chi connectivity index (χ2n) is 6.43. The minimum absolute atomic E-state index is 0.171. The fourth-order valence-electron chi connectivity index (χ4n) is 3.16. The molecule has 2 N–H and O–H groups in total. The van der Waals surface area contributed by atoms with Crippen LogP contribution in [0.1, 0.15) is 50.5 Å². The highest BCUT2D eigenvalue weighted by molar-refractivity contribution is 5.66. The molecule has 1 saturated carbocycles. The van der Waals surface area contributed by atoms with Crippen LogP contribution in [0.25, 0.3) is 0 Å². The van der Waals surface area contributed by atoms with E-state index >= 15 is 0 Å². The molecule has 0 amide bonds. The zero-order chi connectivity index (χ0) is 16.3. The standard InChI is InChI=1S/C19H29NO3/c21-19(22)10-13-20-12-9-17-7-4-8-18(15-17)23-14-11-16-5-2-1-3-6-16/h4,7-8,15-16,20H,1-3,5-6,9-14H2,(H,21,22). The van der Waals surface area contributed by atoms with E-state index in [2.05, 4.69) is 17.4 Å². The Hall–Kier alpha value is -1.55. The van der Waals surface area contributed by atoms with E-state index in [1.165, 1.54) is 44.1 Å². The Kier molecular flexibility index (Phi) is 7.95. The van der Waals surface area contributed by atoms with Gasteiger partial charge in [0.2, 0.25) is 0 Å². The van der Waals surface area contributed by atoms with Gasteiger partial charge in [-0.15, -0.1) is 0 Å². The van der Waals surface area contributed by atoms with Gasteiger partial charge in [-0.1, -0.05) is 44.2 Å². The van der Waals surface area contributed by atoms with Gasteiger partial charge in [0.15, 0.2) is 0 Å². The van der Waals surface area contributed by atoms with E-state index < -0.39 is 5.97 Å². The molecule has 0 saturated heterocycles. The number of hydrogen-bond acceptors (Lipinski definition) is 3. The number of ether oxygens (including phenoxy) is 1. The summed E-state index contributed by atoms with van der Waals surface area (Å²) in [6.07, 6.45) is 9.13. The molecule has 0 unspecified atom stereocenters. The molecule has 0 bridgehead atoms. The summed E-state index contributed by atoms with van der Waals surface area (Å²) < 4.78 is 5.91. The van der Waals surface area contributed by atoms with Crippen LogP contribution >= 0.6 is 0 Å². The van der Waals surface area contributed by atoms with Gasteiger partial charge in [-0.05, 0) is 43.0 Å². The van der Waals surface area contributed by atoms with Crippen LogP contribution in [0.3, 0.4) is 0 Å². The predicted molar refractivity (Wildman–Crippen MR) is 92.0 cm³/mol. The first kappa shape index (κ1) is 17.8. The van der Waals surface area contributed by atoms with Crippen molar-refractivity contribution in [2.75, 3.05) is 19.7 Å². The molecule has 0 atom stereocenters. The van der Waals surface area contributed by atoms with E-state index in [0.29, 0.717) is 6.54 Å². The van der Waals surface area contributed by atoms with Gasteiger partial charge in [-0.2, -0.15) is 0 Å². The monoisotopic (exact) mass is 319 g/mol. The summed E-state index contributed by atoms with van der Waals surface area (Å²) in [5.74, 6) is 1.04. The second-order valence-corrected chi connectivity index (χ2v) is 6.43. The van der Waals surface area contributed by atoms with Gasteiger partial charge in [0.1, 0.15) is 5.75 Å². The molecule has 1 aromatic carbocycles. The maximum absolute atomic E-state index is 10.4. The smallest absolute Gasteiger partial charge is 0.304 e. The van der Waals surface area contributed by atoms with Crippen molar-refractivity contribution in [1.82, 2.24) is 5.32 Å². The number of carbonyl (C=O) groups is 1. The molecule has 1 aliphatic carbocycles. The number of aliphatic carboxylic acids is 1. The van der Waals surface area contributed by atoms with Gasteiger partial charge in [-0.25, -0.2) is 0 Å². The number of rotatable bonds is 10. The summed E-state index contributed by atoms with van der Waals surface area (Å²) >= 11 is 0. The molecule has 23 heavy (non-hydrogen) atoms. The van der Waals surface area contributed by atoms with Crippen molar-refractivity contribution in [1.29, 1.82) is 0 Å². The van der Waals surface area contributed by atoms with E-state index in [1.807, 2.05) is 12.1 Å². The lowest BCUT2D eigenvalue weighted by Crippen LogP contribution is -2.20. The molecular formula is C19H29NO3. The second kappa shape index (κ2) is 10.3. The van der Waals surface area contributed by atoms with Crippen LogP contribution < -0.4 is 10.1 Å². The fourth-order valence-corrected chi connectivity index (χ4v) is 3.16. The summed E-state index contributed by atoms with van der Waals surface area (Å²) in [7, 11) is 0. The molecule has 2 rings (SSSR count). The molecule has 0 heterocycles. The molecule has 0 aromatic heterocycles. The number of carboxylic acid groups (broad SMARTS) is 1. The Morgan fingerprint density at radius 2 is 2.04 bits per heavy atom. The van der Waals surface area contributed by atoms with E-state index in [0.717, 1.165) is 31.2 Å². The van der Waals surface area contributed by atoms with Crippen molar-refractivity contribution in [3.8, 4) is 5.75 Å². The van der Waals surface area contributed by atoms with Crippen LogP contribution in [-0.4, -0.2) is 30.8 Å². The van der Waals surface area contributed by atoms with E-state index in [-0.39, 0.29) is 6.42 Å². The van der Waals surface area contributed by atoms with Crippen molar-refractivity contribution in [3.63, 3.8) is 0 Å². The van der Waals surface area contributed by atoms with E-state index in [9.17, 15) is 4.79 Å². The fraction of sp³-hybridized carbons (Fsp3) is 0.632. The third kappa shape index (κ3) is 7.51. The summed E-state index contributed by atoms with van der Waals surface area (Å²) in [5, 5.41) is 11.7. The van der Waals surface area contributed by atoms with Gasteiger partial charge >= 0.3 is 5.97 Å². The molecular weight excluding hydrogens is 290 g/mol. The number of benzene rings is 1. The molecule has 128 valence electrons. The van der Waals surface area contributed by atoms with Crippen molar-refractivity contribution < 1.29 is 14.6 Å². The first-order valence-corrected chi connectivity index (χ1v) is 8.88. The molecule has 4 heteroatoms. The Morgan fingerprint density at radius 3 is 2.83 bits per heavy atom. The highest BCUT2D eigenvalue weighted by Gasteiger charge is 2.13. The average molecular weight is 319 g/mol. The van der Waals surface area contributed by atoms with Gasteiger partial charge in [0.05, 0.1) is 13.0 Å². The van der Waals surface area contributed by atoms with Crippen LogP contribution in [0.4, 0.5) is 0 Å². The topological polar surface area (TPSA) is 58.6 Å². The zero-order valence-corrected chi connectivity index (χ0v) is 13.9. The van der Waals surface area contributed by atoms with Crippen LogP contribution in [0.15, 0.2) is 24.3 Å². The van der Waals surface area contributed by atoms with Gasteiger partial charge in [0, 0.05) is 6.54 Å². The van der Waals surface area contributed by atoms with E-state index in [1.54, 1.807) is 0 Å². The van der Waals surface area contributed by atoms with Crippen LogP contribution in [0.5, 0.6) is 5.75 Å². The minimum atomic E-state index is -0.758. The van der Waals surface area contributed by atoms with Crippen LogP contribution in [0, 0.1) is 5.92 Å². The summed E-state index contributed by atoms with van der Waals surface area (Å²) in [5.41, 5.74) is 1.22. The average Bonchev–Trinajstić information content (AvgIpc) is 2.56. The Balaban J connectivity index is 1.64. The van der Waals surface area contributed by atoms with Crippen molar-refractivity contribution in [3.05, 3.63) is 29.8 Å². The van der Waals surface area contributed by atoms with E-state index in [4.69, 9.17) is 9.84 Å². The Morgan fingerprint density at radius 1 is 1.22 bits per heavy atom. The first-order valence-electron chi connectivity index (χ1n) is 8.88. The third-order valence-electron chi connectivity index (χ3n) is 4.52. The van der Waals surface area contributed by atoms with Crippen molar-refractivity contribution in [2.24, 2.45) is 5.92 Å². The number of carboxylic acids is 1. The van der Waals surface area contributed by atoms with Gasteiger partial charge in [-0.3, -0.25) is 4.79 Å². The summed E-state index contributed by atoms with van der Waals surface area (Å²) in [6, 6.07) is 8.23. The highest BCUT2D eigenvalue weighted by atomic mass is 16.5.